The van der Waals surface area contributed by atoms with Crippen molar-refractivity contribution >= 4 is 34.7 Å². The summed E-state index contributed by atoms with van der Waals surface area (Å²) in [5.41, 5.74) is 3.46. The standard InChI is InChI=1S/C23H26F2N4O.ClH/c1-14-18(5-4-6-19(14)22(24)25)15(2)26-23-21-13-17(29-9-11-30-12-10-29)7-8-20(21)16(3)27-28-23;/h4-8,13,15,22H,9-12H2,1-3H3,(H,26,28);1H/t15-;/m1./s1. The van der Waals surface area contributed by atoms with Crippen molar-refractivity contribution in [3.05, 3.63) is 58.8 Å². The van der Waals surface area contributed by atoms with Gasteiger partial charge in [0, 0.05) is 35.1 Å². The third kappa shape index (κ3) is 4.72. The molecule has 1 aliphatic rings. The molecular formula is C23H27ClF2N4O. The largest absolute Gasteiger partial charge is 0.378 e. The molecule has 1 fully saturated rings. The first-order valence-electron chi connectivity index (χ1n) is 10.2. The molecule has 5 nitrogen and oxygen atoms in total. The highest BCUT2D eigenvalue weighted by atomic mass is 35.5. The van der Waals surface area contributed by atoms with Crippen molar-refractivity contribution in [3.8, 4) is 0 Å². The number of fused-ring (bicyclic) bond motifs is 1. The summed E-state index contributed by atoms with van der Waals surface area (Å²) in [6.07, 6.45) is -2.49. The average Bonchev–Trinajstić information content (AvgIpc) is 2.76. The molecule has 0 radical (unpaired) electrons. The van der Waals surface area contributed by atoms with Crippen LogP contribution in [0.3, 0.4) is 0 Å². The first kappa shape index (κ1) is 23.2. The van der Waals surface area contributed by atoms with Crippen molar-refractivity contribution in [1.82, 2.24) is 10.2 Å². The van der Waals surface area contributed by atoms with Gasteiger partial charge in [-0.05, 0) is 44.0 Å². The van der Waals surface area contributed by atoms with E-state index in [9.17, 15) is 8.78 Å². The maximum Gasteiger partial charge on any atom is 0.264 e. The number of benzene rings is 2. The molecule has 0 bridgehead atoms. The lowest BCUT2D eigenvalue weighted by Gasteiger charge is -2.29. The van der Waals surface area contributed by atoms with E-state index in [-0.39, 0.29) is 24.0 Å². The Labute approximate surface area is 187 Å². The van der Waals surface area contributed by atoms with Gasteiger partial charge in [0.05, 0.1) is 24.9 Å². The summed E-state index contributed by atoms with van der Waals surface area (Å²) in [6, 6.07) is 11.1. The first-order valence-corrected chi connectivity index (χ1v) is 10.2. The van der Waals surface area contributed by atoms with Crippen molar-refractivity contribution in [2.24, 2.45) is 0 Å². The third-order valence-electron chi connectivity index (χ3n) is 5.80. The van der Waals surface area contributed by atoms with E-state index in [1.165, 1.54) is 6.07 Å². The molecular weight excluding hydrogens is 422 g/mol. The van der Waals surface area contributed by atoms with Gasteiger partial charge < -0.3 is 15.0 Å². The molecule has 0 saturated carbocycles. The van der Waals surface area contributed by atoms with E-state index >= 15 is 0 Å². The number of morpholine rings is 1. The van der Waals surface area contributed by atoms with Crippen LogP contribution in [-0.2, 0) is 4.74 Å². The van der Waals surface area contributed by atoms with Gasteiger partial charge in [0.25, 0.3) is 6.43 Å². The molecule has 0 spiro atoms. The van der Waals surface area contributed by atoms with Crippen LogP contribution in [0.5, 0.6) is 0 Å². The lowest BCUT2D eigenvalue weighted by molar-refractivity contribution is 0.122. The number of nitrogens with one attached hydrogen (secondary N) is 1. The van der Waals surface area contributed by atoms with Crippen molar-refractivity contribution in [2.75, 3.05) is 36.5 Å². The molecule has 8 heteroatoms. The van der Waals surface area contributed by atoms with E-state index in [4.69, 9.17) is 4.74 Å². The van der Waals surface area contributed by atoms with Gasteiger partial charge >= 0.3 is 0 Å². The molecule has 2 heterocycles. The van der Waals surface area contributed by atoms with Crippen LogP contribution in [0.2, 0.25) is 0 Å². The number of hydrogen-bond donors (Lipinski definition) is 1. The van der Waals surface area contributed by atoms with E-state index in [2.05, 4.69) is 38.6 Å². The fourth-order valence-corrected chi connectivity index (χ4v) is 4.06. The lowest BCUT2D eigenvalue weighted by Crippen LogP contribution is -2.36. The fraction of sp³-hybridized carbons (Fsp3) is 0.391. The number of rotatable bonds is 5. The Morgan fingerprint density at radius 1 is 1.00 bits per heavy atom. The molecule has 31 heavy (non-hydrogen) atoms. The Balaban J connectivity index is 0.00000272. The molecule has 0 aliphatic carbocycles. The van der Waals surface area contributed by atoms with Gasteiger partial charge in [-0.2, -0.15) is 5.10 Å². The zero-order valence-corrected chi connectivity index (χ0v) is 18.7. The van der Waals surface area contributed by atoms with Crippen LogP contribution in [0, 0.1) is 13.8 Å². The van der Waals surface area contributed by atoms with Gasteiger partial charge in [-0.25, -0.2) is 8.78 Å². The molecule has 1 atom stereocenters. The number of halogens is 3. The third-order valence-corrected chi connectivity index (χ3v) is 5.80. The minimum absolute atomic E-state index is 0. The molecule has 0 unspecified atom stereocenters. The summed E-state index contributed by atoms with van der Waals surface area (Å²) in [5.74, 6) is 0.653. The number of alkyl halides is 2. The number of aromatic nitrogens is 2. The van der Waals surface area contributed by atoms with Gasteiger partial charge in [-0.15, -0.1) is 17.5 Å². The molecule has 1 aromatic heterocycles. The number of anilines is 2. The molecule has 0 amide bonds. The summed E-state index contributed by atoms with van der Waals surface area (Å²) >= 11 is 0. The molecule has 1 N–H and O–H groups in total. The second-order valence-corrected chi connectivity index (χ2v) is 7.69. The summed E-state index contributed by atoms with van der Waals surface area (Å²) in [6.45, 7) is 8.76. The van der Waals surface area contributed by atoms with Crippen LogP contribution < -0.4 is 10.2 Å². The van der Waals surface area contributed by atoms with Crippen LogP contribution in [0.25, 0.3) is 10.8 Å². The van der Waals surface area contributed by atoms with E-state index in [0.717, 1.165) is 40.8 Å². The van der Waals surface area contributed by atoms with Crippen molar-refractivity contribution in [3.63, 3.8) is 0 Å². The summed E-state index contributed by atoms with van der Waals surface area (Å²) < 4.78 is 32.1. The topological polar surface area (TPSA) is 50.3 Å². The Morgan fingerprint density at radius 3 is 2.42 bits per heavy atom. The lowest BCUT2D eigenvalue weighted by atomic mass is 9.97. The number of nitrogens with zero attached hydrogens (tertiary/aromatic N) is 3. The number of ether oxygens (including phenoxy) is 1. The van der Waals surface area contributed by atoms with Gasteiger partial charge in [0.1, 0.15) is 0 Å². The average molecular weight is 449 g/mol. The normalized spacial score (nSPS) is 15.1. The summed E-state index contributed by atoms with van der Waals surface area (Å²) in [4.78, 5) is 2.29. The van der Waals surface area contributed by atoms with Crippen molar-refractivity contribution in [2.45, 2.75) is 33.2 Å². The quantitative estimate of drug-likeness (QED) is 0.549. The predicted octanol–water partition coefficient (Wildman–Crippen LogP) is 5.62. The molecule has 2 aromatic carbocycles. The maximum atomic E-state index is 13.3. The molecule has 3 aromatic rings. The Kier molecular flexibility index (Phi) is 7.28. The summed E-state index contributed by atoms with van der Waals surface area (Å²) in [5, 5.41) is 14.1. The molecule has 1 aliphatic heterocycles. The van der Waals surface area contributed by atoms with Gasteiger partial charge in [-0.1, -0.05) is 24.3 Å². The van der Waals surface area contributed by atoms with E-state index < -0.39 is 6.43 Å². The second kappa shape index (κ2) is 9.75. The first-order chi connectivity index (χ1) is 14.5. The van der Waals surface area contributed by atoms with Crippen molar-refractivity contribution < 1.29 is 13.5 Å². The van der Waals surface area contributed by atoms with Crippen LogP contribution in [0.1, 0.15) is 41.8 Å². The van der Waals surface area contributed by atoms with Gasteiger partial charge in [0.2, 0.25) is 0 Å². The predicted molar refractivity (Wildman–Crippen MR) is 123 cm³/mol. The van der Waals surface area contributed by atoms with Crippen molar-refractivity contribution in [1.29, 1.82) is 0 Å². The highest BCUT2D eigenvalue weighted by Gasteiger charge is 2.19. The zero-order chi connectivity index (χ0) is 21.3. The Morgan fingerprint density at radius 2 is 1.71 bits per heavy atom. The van der Waals surface area contributed by atoms with E-state index in [0.29, 0.717) is 24.6 Å². The number of hydrogen-bond acceptors (Lipinski definition) is 5. The van der Waals surface area contributed by atoms with Crippen LogP contribution >= 0.6 is 12.4 Å². The second-order valence-electron chi connectivity index (χ2n) is 7.69. The van der Waals surface area contributed by atoms with E-state index in [1.54, 1.807) is 13.0 Å². The van der Waals surface area contributed by atoms with Gasteiger partial charge in [0.15, 0.2) is 5.82 Å². The maximum absolute atomic E-state index is 13.3. The minimum atomic E-state index is -2.49. The van der Waals surface area contributed by atoms with Gasteiger partial charge in [-0.3, -0.25) is 0 Å². The SMILES string of the molecule is Cc1c(C(F)F)cccc1[C@@H](C)Nc1nnc(C)c2ccc(N3CCOCC3)cc12.Cl. The highest BCUT2D eigenvalue weighted by Crippen LogP contribution is 2.32. The summed E-state index contributed by atoms with van der Waals surface area (Å²) in [7, 11) is 0. The highest BCUT2D eigenvalue weighted by molar-refractivity contribution is 5.95. The van der Waals surface area contributed by atoms with Crippen LogP contribution in [-0.4, -0.2) is 36.5 Å². The smallest absolute Gasteiger partial charge is 0.264 e. The van der Waals surface area contributed by atoms with E-state index in [1.807, 2.05) is 19.9 Å². The fourth-order valence-electron chi connectivity index (χ4n) is 4.06. The molecule has 1 saturated heterocycles. The van der Waals surface area contributed by atoms with Crippen LogP contribution in [0.15, 0.2) is 36.4 Å². The van der Waals surface area contributed by atoms with Crippen LogP contribution in [0.4, 0.5) is 20.3 Å². The Hall–Kier alpha value is -2.51. The molecule has 166 valence electrons. The Bertz CT molecular complexity index is 1060. The molecule has 4 rings (SSSR count). The monoisotopic (exact) mass is 448 g/mol. The number of aryl methyl sites for hydroxylation is 1. The zero-order valence-electron chi connectivity index (χ0n) is 17.9. The minimum Gasteiger partial charge on any atom is -0.378 e.